The minimum atomic E-state index is -0.848. The zero-order valence-corrected chi connectivity index (χ0v) is 51.7. The third-order valence-corrected chi connectivity index (χ3v) is 15.8. The molecule has 452 valence electrons. The smallest absolute Gasteiger partial charge is 0.305 e. The van der Waals surface area contributed by atoms with Gasteiger partial charge in [-0.3, -0.25) is 9.59 Å². The Hall–Kier alpha value is -2.18. The van der Waals surface area contributed by atoms with E-state index < -0.39 is 12.1 Å². The van der Waals surface area contributed by atoms with Gasteiger partial charge in [0.1, 0.15) is 0 Å². The molecule has 0 bridgehead atoms. The molecular weight excluding hydrogens is 947 g/mol. The molecule has 6 heteroatoms. The summed E-state index contributed by atoms with van der Waals surface area (Å²) in [6, 6.07) is -0.631. The molecular formula is C71H133NO5. The summed E-state index contributed by atoms with van der Waals surface area (Å²) in [5, 5.41) is 23.2. The number of hydrogen-bond acceptors (Lipinski definition) is 5. The number of carbonyl (C=O) groups is 2. The number of hydrogen-bond donors (Lipinski definition) is 3. The Labute approximate surface area is 480 Å². The largest absolute Gasteiger partial charge is 0.466 e. The lowest BCUT2D eigenvalue weighted by Gasteiger charge is -2.20. The Morgan fingerprint density at radius 1 is 0.364 bits per heavy atom. The molecule has 0 saturated carbocycles. The van der Waals surface area contributed by atoms with Gasteiger partial charge in [0.25, 0.3) is 0 Å². The molecule has 0 spiro atoms. The van der Waals surface area contributed by atoms with E-state index in [0.717, 1.165) is 51.4 Å². The quantitative estimate of drug-likeness (QED) is 0.0320. The van der Waals surface area contributed by atoms with Gasteiger partial charge in [-0.05, 0) is 89.9 Å². The van der Waals surface area contributed by atoms with Crippen molar-refractivity contribution in [2.24, 2.45) is 0 Å². The van der Waals surface area contributed by atoms with Crippen LogP contribution in [0.3, 0.4) is 0 Å². The molecule has 0 fully saturated rings. The van der Waals surface area contributed by atoms with Crippen molar-refractivity contribution in [1.82, 2.24) is 5.32 Å². The number of allylic oxidation sites excluding steroid dienone is 7. The molecule has 0 saturated heterocycles. The molecule has 3 N–H and O–H groups in total. The molecule has 1 amide bonds. The van der Waals surface area contributed by atoms with E-state index in [4.69, 9.17) is 4.74 Å². The van der Waals surface area contributed by atoms with Crippen molar-refractivity contribution >= 4 is 11.9 Å². The molecule has 0 rings (SSSR count). The number of carbonyl (C=O) groups excluding carboxylic acids is 2. The lowest BCUT2D eigenvalue weighted by Crippen LogP contribution is -2.45. The number of aliphatic hydroxyl groups is 2. The lowest BCUT2D eigenvalue weighted by molar-refractivity contribution is -0.143. The van der Waals surface area contributed by atoms with Gasteiger partial charge in [0.05, 0.1) is 25.4 Å². The Morgan fingerprint density at radius 2 is 0.649 bits per heavy atom. The minimum absolute atomic E-state index is 0.00534. The van der Waals surface area contributed by atoms with Gasteiger partial charge in [0.2, 0.25) is 5.91 Å². The van der Waals surface area contributed by atoms with Crippen molar-refractivity contribution in [3.63, 3.8) is 0 Å². The molecule has 6 nitrogen and oxygen atoms in total. The predicted octanol–water partition coefficient (Wildman–Crippen LogP) is 22.1. The van der Waals surface area contributed by atoms with E-state index in [1.165, 1.54) is 289 Å². The van der Waals surface area contributed by atoms with E-state index in [0.29, 0.717) is 19.4 Å². The zero-order chi connectivity index (χ0) is 55.7. The van der Waals surface area contributed by atoms with Crippen LogP contribution in [0.2, 0.25) is 0 Å². The molecule has 0 aromatic heterocycles. The second kappa shape index (κ2) is 66.3. The first-order chi connectivity index (χ1) is 38.0. The van der Waals surface area contributed by atoms with Crippen molar-refractivity contribution in [2.75, 3.05) is 13.2 Å². The SMILES string of the molecule is CCCCC/C=C\C/C=C\CCCCCCCCCC(=O)OCCCCCCCCCCCCCC/C=C\CCCCCCCCCCCC(=O)NC(CO)C(O)/C=C/CCCCCCCCCCCCCCCCCC. The van der Waals surface area contributed by atoms with E-state index in [1.807, 2.05) is 6.08 Å². The Bertz CT molecular complexity index is 1290. The van der Waals surface area contributed by atoms with Gasteiger partial charge in [-0.1, -0.05) is 313 Å². The van der Waals surface area contributed by atoms with Crippen molar-refractivity contribution in [3.8, 4) is 0 Å². The summed E-state index contributed by atoms with van der Waals surface area (Å²) in [4.78, 5) is 24.6. The molecule has 0 aliphatic carbocycles. The van der Waals surface area contributed by atoms with Gasteiger partial charge in [0, 0.05) is 12.8 Å². The molecule has 0 aliphatic heterocycles. The van der Waals surface area contributed by atoms with E-state index in [2.05, 4.69) is 55.6 Å². The van der Waals surface area contributed by atoms with Crippen molar-refractivity contribution in [2.45, 2.75) is 379 Å². The van der Waals surface area contributed by atoms with Crippen LogP contribution >= 0.6 is 0 Å². The monoisotopic (exact) mass is 1080 g/mol. The highest BCUT2D eigenvalue weighted by molar-refractivity contribution is 5.76. The first-order valence-electron chi connectivity index (χ1n) is 34.4. The van der Waals surface area contributed by atoms with Crippen molar-refractivity contribution in [3.05, 3.63) is 48.6 Å². The molecule has 2 atom stereocenters. The van der Waals surface area contributed by atoms with E-state index in [1.54, 1.807) is 6.08 Å². The third-order valence-electron chi connectivity index (χ3n) is 15.8. The normalized spacial score (nSPS) is 12.8. The van der Waals surface area contributed by atoms with Gasteiger partial charge < -0.3 is 20.3 Å². The topological polar surface area (TPSA) is 95.9 Å². The Morgan fingerprint density at radius 3 is 1.03 bits per heavy atom. The first kappa shape index (κ1) is 74.8. The maximum absolute atomic E-state index is 12.5. The van der Waals surface area contributed by atoms with Crippen LogP contribution in [0.1, 0.15) is 367 Å². The highest BCUT2D eigenvalue weighted by Gasteiger charge is 2.18. The van der Waals surface area contributed by atoms with Gasteiger partial charge in [-0.15, -0.1) is 0 Å². The highest BCUT2D eigenvalue weighted by Crippen LogP contribution is 2.18. The van der Waals surface area contributed by atoms with Crippen molar-refractivity contribution < 1.29 is 24.5 Å². The summed E-state index contributed by atoms with van der Waals surface area (Å²) in [6.07, 6.45) is 86.0. The summed E-state index contributed by atoms with van der Waals surface area (Å²) < 4.78 is 5.49. The van der Waals surface area contributed by atoms with Gasteiger partial charge in [-0.2, -0.15) is 0 Å². The second-order valence-corrected chi connectivity index (χ2v) is 23.5. The van der Waals surface area contributed by atoms with Crippen LogP contribution < -0.4 is 5.32 Å². The van der Waals surface area contributed by atoms with Crippen molar-refractivity contribution in [1.29, 1.82) is 0 Å². The molecule has 0 aliphatic rings. The molecule has 2 unspecified atom stereocenters. The number of aliphatic hydroxyl groups excluding tert-OH is 2. The van der Waals surface area contributed by atoms with Gasteiger partial charge in [-0.25, -0.2) is 0 Å². The number of amides is 1. The summed E-state index contributed by atoms with van der Waals surface area (Å²) >= 11 is 0. The number of ether oxygens (including phenoxy) is 1. The number of unbranched alkanes of at least 4 members (excludes halogenated alkanes) is 47. The molecule has 0 aromatic rings. The summed E-state index contributed by atoms with van der Waals surface area (Å²) in [6.45, 7) is 4.90. The fraction of sp³-hybridized carbons (Fsp3) is 0.859. The van der Waals surface area contributed by atoms with Gasteiger partial charge in [0.15, 0.2) is 0 Å². The van der Waals surface area contributed by atoms with Crippen LogP contribution in [0.4, 0.5) is 0 Å². The average molecular weight is 1080 g/mol. The zero-order valence-electron chi connectivity index (χ0n) is 51.7. The number of esters is 1. The molecule has 0 heterocycles. The standard InChI is InChI=1S/C71H133NO5/c1-3-5-7-9-11-13-15-17-19-21-32-35-39-43-47-51-55-59-63-69(74)68(67-73)72-70(75)64-60-56-52-48-44-40-36-33-29-27-25-23-22-24-26-28-30-34-38-42-46-50-54-58-62-66-77-71(76)65-61-57-53-49-45-41-37-31-20-18-16-14-12-10-8-6-4-2/h12,14,18,20,23,25,59,63,68-69,73-74H,3-11,13,15-17,19,21-22,24,26-58,60-62,64-67H2,1-2H3,(H,72,75)/b14-12-,20-18-,25-23-,63-59+. The third kappa shape index (κ3) is 62.9. The van der Waals surface area contributed by atoms with Crippen LogP contribution in [0.5, 0.6) is 0 Å². The van der Waals surface area contributed by atoms with E-state index in [9.17, 15) is 19.8 Å². The molecule has 0 radical (unpaired) electrons. The Balaban J connectivity index is 3.42. The fourth-order valence-corrected chi connectivity index (χ4v) is 10.5. The summed E-state index contributed by atoms with van der Waals surface area (Å²) in [7, 11) is 0. The predicted molar refractivity (Wildman–Crippen MR) is 338 cm³/mol. The van der Waals surface area contributed by atoms with Crippen LogP contribution in [0, 0.1) is 0 Å². The maximum Gasteiger partial charge on any atom is 0.305 e. The maximum atomic E-state index is 12.5. The first-order valence-corrected chi connectivity index (χ1v) is 34.4. The van der Waals surface area contributed by atoms with Crippen LogP contribution in [-0.4, -0.2) is 47.4 Å². The van der Waals surface area contributed by atoms with Gasteiger partial charge >= 0.3 is 5.97 Å². The number of nitrogens with one attached hydrogen (secondary N) is 1. The van der Waals surface area contributed by atoms with Crippen LogP contribution in [0.25, 0.3) is 0 Å². The summed E-state index contributed by atoms with van der Waals surface area (Å²) in [5.74, 6) is -0.0636. The van der Waals surface area contributed by atoms with E-state index >= 15 is 0 Å². The minimum Gasteiger partial charge on any atom is -0.466 e. The average Bonchev–Trinajstić information content (AvgIpc) is 3.43. The Kier molecular flexibility index (Phi) is 64.5. The molecule has 0 aromatic carbocycles. The second-order valence-electron chi connectivity index (χ2n) is 23.5. The molecule has 77 heavy (non-hydrogen) atoms. The fourth-order valence-electron chi connectivity index (χ4n) is 10.5. The van der Waals surface area contributed by atoms with E-state index in [-0.39, 0.29) is 18.5 Å². The lowest BCUT2D eigenvalue weighted by atomic mass is 10.0. The highest BCUT2D eigenvalue weighted by atomic mass is 16.5. The summed E-state index contributed by atoms with van der Waals surface area (Å²) in [5.41, 5.74) is 0. The number of rotatable bonds is 64. The van der Waals surface area contributed by atoms with Crippen LogP contribution in [0.15, 0.2) is 48.6 Å². The van der Waals surface area contributed by atoms with Crippen LogP contribution in [-0.2, 0) is 14.3 Å².